The van der Waals surface area contributed by atoms with Crippen LogP contribution in [-0.4, -0.2) is 18.9 Å². The summed E-state index contributed by atoms with van der Waals surface area (Å²) in [5.41, 5.74) is 2.01. The summed E-state index contributed by atoms with van der Waals surface area (Å²) in [5.74, 6) is -0.342. The van der Waals surface area contributed by atoms with Gasteiger partial charge < -0.3 is 10.6 Å². The number of para-hydroxylation sites is 1. The second kappa shape index (κ2) is 8.34. The van der Waals surface area contributed by atoms with E-state index in [1.54, 1.807) is 31.3 Å². The third-order valence-electron chi connectivity index (χ3n) is 3.48. The van der Waals surface area contributed by atoms with Crippen molar-refractivity contribution in [3.8, 4) is 0 Å². The number of hydrogen-bond acceptors (Lipinski definition) is 2. The zero-order valence-electron chi connectivity index (χ0n) is 12.9. The number of benzene rings is 2. The molecule has 23 heavy (non-hydrogen) atoms. The van der Waals surface area contributed by atoms with E-state index in [0.717, 1.165) is 17.0 Å². The molecule has 0 aliphatic heterocycles. The molecule has 0 saturated carbocycles. The van der Waals surface area contributed by atoms with E-state index in [0.29, 0.717) is 24.1 Å². The van der Waals surface area contributed by atoms with Crippen molar-refractivity contribution in [1.29, 1.82) is 0 Å². The van der Waals surface area contributed by atoms with Crippen LogP contribution in [0.1, 0.15) is 28.8 Å². The van der Waals surface area contributed by atoms with Gasteiger partial charge in [0.1, 0.15) is 0 Å². The van der Waals surface area contributed by atoms with Crippen LogP contribution >= 0.6 is 11.6 Å². The van der Waals surface area contributed by atoms with E-state index < -0.39 is 0 Å². The molecule has 4 nitrogen and oxygen atoms in total. The zero-order valence-corrected chi connectivity index (χ0v) is 13.7. The first-order valence-corrected chi connectivity index (χ1v) is 7.84. The van der Waals surface area contributed by atoms with Gasteiger partial charge in [0.25, 0.3) is 5.91 Å². The van der Waals surface area contributed by atoms with Crippen LogP contribution in [0.25, 0.3) is 0 Å². The number of aryl methyl sites for hydroxylation is 1. The third-order valence-corrected chi connectivity index (χ3v) is 3.85. The Bertz CT molecular complexity index is 701. The van der Waals surface area contributed by atoms with Crippen LogP contribution in [0.4, 0.5) is 5.69 Å². The molecular formula is C18H19ClN2O2. The fourth-order valence-electron chi connectivity index (χ4n) is 2.28. The quantitative estimate of drug-likeness (QED) is 0.849. The van der Waals surface area contributed by atoms with Gasteiger partial charge in [0.05, 0.1) is 11.3 Å². The van der Waals surface area contributed by atoms with Crippen LogP contribution < -0.4 is 10.6 Å². The van der Waals surface area contributed by atoms with Crippen LogP contribution in [0.3, 0.4) is 0 Å². The Morgan fingerprint density at radius 2 is 1.74 bits per heavy atom. The Balaban J connectivity index is 1.91. The molecular weight excluding hydrogens is 312 g/mol. The van der Waals surface area contributed by atoms with Gasteiger partial charge in [-0.2, -0.15) is 0 Å². The van der Waals surface area contributed by atoms with Crippen LogP contribution in [-0.2, 0) is 11.2 Å². The van der Waals surface area contributed by atoms with E-state index in [2.05, 4.69) is 10.6 Å². The molecule has 2 amide bonds. The van der Waals surface area contributed by atoms with Crippen LogP contribution in [0.15, 0.2) is 48.5 Å². The Morgan fingerprint density at radius 3 is 2.48 bits per heavy atom. The standard InChI is InChI=1S/C18H19ClN2O2/c1-20-18(23)14-9-3-5-11-16(14)21-17(22)12-6-8-13-7-2-4-10-15(13)19/h2-5,7,9-11H,6,8,12H2,1H3,(H,20,23)(H,21,22). The van der Waals surface area contributed by atoms with Crippen LogP contribution in [0, 0.1) is 0 Å². The largest absolute Gasteiger partial charge is 0.355 e. The summed E-state index contributed by atoms with van der Waals surface area (Å²) < 4.78 is 0. The highest BCUT2D eigenvalue weighted by molar-refractivity contribution is 6.31. The van der Waals surface area contributed by atoms with Gasteiger partial charge in [0.15, 0.2) is 0 Å². The molecule has 0 aromatic heterocycles. The number of amides is 2. The van der Waals surface area contributed by atoms with E-state index in [9.17, 15) is 9.59 Å². The molecule has 0 atom stereocenters. The maximum absolute atomic E-state index is 12.1. The Kier molecular flexibility index (Phi) is 6.18. The number of halogens is 1. The van der Waals surface area contributed by atoms with Crippen molar-refractivity contribution >= 4 is 29.1 Å². The number of hydrogen-bond donors (Lipinski definition) is 2. The SMILES string of the molecule is CNC(=O)c1ccccc1NC(=O)CCCc1ccccc1Cl. The van der Waals surface area contributed by atoms with E-state index in [1.165, 1.54) is 0 Å². The molecule has 0 aliphatic carbocycles. The van der Waals surface area contributed by atoms with Crippen LogP contribution in [0.5, 0.6) is 0 Å². The summed E-state index contributed by atoms with van der Waals surface area (Å²) in [4.78, 5) is 23.9. The maximum Gasteiger partial charge on any atom is 0.253 e. The van der Waals surface area contributed by atoms with Gasteiger partial charge in [-0.1, -0.05) is 41.9 Å². The first-order chi connectivity index (χ1) is 11.1. The maximum atomic E-state index is 12.1. The lowest BCUT2D eigenvalue weighted by molar-refractivity contribution is -0.116. The Hall–Kier alpha value is -2.33. The molecule has 0 bridgehead atoms. The minimum absolute atomic E-state index is 0.117. The van der Waals surface area contributed by atoms with Crippen LogP contribution in [0.2, 0.25) is 5.02 Å². The van der Waals surface area contributed by atoms with E-state index in [1.807, 2.05) is 24.3 Å². The first-order valence-electron chi connectivity index (χ1n) is 7.46. The molecule has 0 radical (unpaired) electrons. The van der Waals surface area contributed by atoms with Gasteiger partial charge in [-0.25, -0.2) is 0 Å². The molecule has 0 heterocycles. The smallest absolute Gasteiger partial charge is 0.253 e. The molecule has 0 aliphatic rings. The fourth-order valence-corrected chi connectivity index (χ4v) is 2.51. The average Bonchev–Trinajstić information content (AvgIpc) is 2.56. The highest BCUT2D eigenvalue weighted by atomic mass is 35.5. The summed E-state index contributed by atoms with van der Waals surface area (Å²) >= 11 is 6.10. The summed E-state index contributed by atoms with van der Waals surface area (Å²) in [6, 6.07) is 14.6. The van der Waals surface area contributed by atoms with E-state index in [4.69, 9.17) is 11.6 Å². The Labute approximate surface area is 140 Å². The monoisotopic (exact) mass is 330 g/mol. The second-order valence-corrected chi connectivity index (χ2v) is 5.53. The fraction of sp³-hybridized carbons (Fsp3) is 0.222. The predicted molar refractivity (Wildman–Crippen MR) is 92.9 cm³/mol. The number of nitrogens with one attached hydrogen (secondary N) is 2. The summed E-state index contributed by atoms with van der Waals surface area (Å²) in [5, 5.41) is 6.08. The molecule has 0 saturated heterocycles. The zero-order chi connectivity index (χ0) is 16.7. The first kappa shape index (κ1) is 17.0. The van der Waals surface area contributed by atoms with Gasteiger partial charge in [-0.05, 0) is 36.6 Å². The van der Waals surface area contributed by atoms with Crippen molar-refractivity contribution in [3.05, 3.63) is 64.7 Å². The summed E-state index contributed by atoms with van der Waals surface area (Å²) in [6.07, 6.45) is 1.80. The number of anilines is 1. The molecule has 2 aromatic rings. The van der Waals surface area contributed by atoms with Crippen molar-refractivity contribution in [2.75, 3.05) is 12.4 Å². The van der Waals surface area contributed by atoms with Crippen molar-refractivity contribution in [1.82, 2.24) is 5.32 Å². The highest BCUT2D eigenvalue weighted by Gasteiger charge is 2.11. The molecule has 5 heteroatoms. The minimum atomic E-state index is -0.225. The summed E-state index contributed by atoms with van der Waals surface area (Å²) in [6.45, 7) is 0. The molecule has 0 fully saturated rings. The van der Waals surface area contributed by atoms with Gasteiger partial charge in [0.2, 0.25) is 5.91 Å². The van der Waals surface area contributed by atoms with Crippen molar-refractivity contribution < 1.29 is 9.59 Å². The average molecular weight is 331 g/mol. The van der Waals surface area contributed by atoms with Gasteiger partial charge in [-0.15, -0.1) is 0 Å². The molecule has 2 rings (SSSR count). The molecule has 2 aromatic carbocycles. The highest BCUT2D eigenvalue weighted by Crippen LogP contribution is 2.18. The van der Waals surface area contributed by atoms with Crippen molar-refractivity contribution in [2.45, 2.75) is 19.3 Å². The van der Waals surface area contributed by atoms with E-state index in [-0.39, 0.29) is 11.8 Å². The van der Waals surface area contributed by atoms with Gasteiger partial charge in [0, 0.05) is 18.5 Å². The Morgan fingerprint density at radius 1 is 1.04 bits per heavy atom. The summed E-state index contributed by atoms with van der Waals surface area (Å²) in [7, 11) is 1.56. The van der Waals surface area contributed by atoms with Crippen molar-refractivity contribution in [3.63, 3.8) is 0 Å². The molecule has 120 valence electrons. The number of carbonyl (C=O) groups excluding carboxylic acids is 2. The van der Waals surface area contributed by atoms with E-state index >= 15 is 0 Å². The lowest BCUT2D eigenvalue weighted by Gasteiger charge is -2.10. The lowest BCUT2D eigenvalue weighted by Crippen LogP contribution is -2.21. The predicted octanol–water partition coefficient (Wildman–Crippen LogP) is 3.66. The molecule has 2 N–H and O–H groups in total. The lowest BCUT2D eigenvalue weighted by atomic mass is 10.1. The second-order valence-electron chi connectivity index (χ2n) is 5.12. The van der Waals surface area contributed by atoms with Gasteiger partial charge in [-0.3, -0.25) is 9.59 Å². The third kappa shape index (κ3) is 4.83. The normalized spacial score (nSPS) is 10.2. The molecule has 0 spiro atoms. The number of carbonyl (C=O) groups is 2. The molecule has 0 unspecified atom stereocenters. The topological polar surface area (TPSA) is 58.2 Å². The van der Waals surface area contributed by atoms with Gasteiger partial charge >= 0.3 is 0 Å². The minimum Gasteiger partial charge on any atom is -0.355 e. The van der Waals surface area contributed by atoms with Crippen molar-refractivity contribution in [2.24, 2.45) is 0 Å². The number of rotatable bonds is 6.